The molecule has 1 aromatic heterocycles. The van der Waals surface area contributed by atoms with Crippen molar-refractivity contribution in [2.75, 3.05) is 7.11 Å². The van der Waals surface area contributed by atoms with Gasteiger partial charge in [-0.3, -0.25) is 0 Å². The maximum Gasteiger partial charge on any atom is 0.356 e. The summed E-state index contributed by atoms with van der Waals surface area (Å²) in [5.74, 6) is -0.301. The van der Waals surface area contributed by atoms with E-state index in [1.54, 1.807) is 12.1 Å². The molecule has 1 heterocycles. The summed E-state index contributed by atoms with van der Waals surface area (Å²) >= 11 is 0. The molecule has 2 rings (SSSR count). The highest BCUT2D eigenvalue weighted by molar-refractivity contribution is 5.87. The number of aromatic amines is 1. The molecule has 16 heavy (non-hydrogen) atoms. The standard InChI is InChI=1S/C11H9FN2O2/c1-16-11(15)9-6-13-10(14-9)7-2-4-8(12)5-3-7/h2-6H,1H3,(H,13,14). The second kappa shape index (κ2) is 4.14. The molecule has 0 aliphatic carbocycles. The summed E-state index contributed by atoms with van der Waals surface area (Å²) in [7, 11) is 1.29. The first kappa shape index (κ1) is 10.4. The summed E-state index contributed by atoms with van der Waals surface area (Å²) in [4.78, 5) is 18.0. The van der Waals surface area contributed by atoms with E-state index >= 15 is 0 Å². The van der Waals surface area contributed by atoms with Crippen LogP contribution in [0.15, 0.2) is 30.5 Å². The molecule has 82 valence electrons. The van der Waals surface area contributed by atoms with Crippen LogP contribution in [-0.2, 0) is 4.74 Å². The van der Waals surface area contributed by atoms with Crippen LogP contribution in [0.1, 0.15) is 10.5 Å². The SMILES string of the molecule is COC(=O)c1cnc(-c2ccc(F)cc2)[nH]1. The summed E-state index contributed by atoms with van der Waals surface area (Å²) in [6, 6.07) is 5.82. The Morgan fingerprint density at radius 1 is 1.38 bits per heavy atom. The number of carbonyl (C=O) groups excluding carboxylic acids is 1. The van der Waals surface area contributed by atoms with Crippen LogP contribution in [0, 0.1) is 5.82 Å². The Balaban J connectivity index is 2.31. The number of aromatic nitrogens is 2. The van der Waals surface area contributed by atoms with Crippen LogP contribution in [0.3, 0.4) is 0 Å². The molecule has 4 nitrogen and oxygen atoms in total. The Labute approximate surface area is 91.1 Å². The molecule has 0 radical (unpaired) electrons. The van der Waals surface area contributed by atoms with Crippen LogP contribution in [0.4, 0.5) is 4.39 Å². The fraction of sp³-hybridized carbons (Fsp3) is 0.0909. The summed E-state index contributed by atoms with van der Waals surface area (Å²) in [6.45, 7) is 0. The van der Waals surface area contributed by atoms with E-state index in [4.69, 9.17) is 0 Å². The monoisotopic (exact) mass is 220 g/mol. The summed E-state index contributed by atoms with van der Waals surface area (Å²) in [5.41, 5.74) is 0.971. The number of ether oxygens (including phenoxy) is 1. The van der Waals surface area contributed by atoms with Crippen LogP contribution < -0.4 is 0 Å². The predicted molar refractivity (Wildman–Crippen MR) is 55.3 cm³/mol. The minimum absolute atomic E-state index is 0.266. The summed E-state index contributed by atoms with van der Waals surface area (Å²) in [5, 5.41) is 0. The molecule has 0 aliphatic heterocycles. The van der Waals surface area contributed by atoms with Crippen molar-refractivity contribution in [3.8, 4) is 11.4 Å². The largest absolute Gasteiger partial charge is 0.464 e. The number of carbonyl (C=O) groups is 1. The van der Waals surface area contributed by atoms with Gasteiger partial charge in [0.2, 0.25) is 0 Å². The molecule has 0 bridgehead atoms. The second-order valence-electron chi connectivity index (χ2n) is 3.14. The molecule has 0 spiro atoms. The van der Waals surface area contributed by atoms with Crippen molar-refractivity contribution in [3.05, 3.63) is 42.0 Å². The van der Waals surface area contributed by atoms with Crippen molar-refractivity contribution in [1.29, 1.82) is 0 Å². The predicted octanol–water partition coefficient (Wildman–Crippen LogP) is 2.00. The number of halogens is 1. The first-order valence-electron chi connectivity index (χ1n) is 4.60. The van der Waals surface area contributed by atoms with E-state index in [9.17, 15) is 9.18 Å². The zero-order valence-corrected chi connectivity index (χ0v) is 8.53. The van der Waals surface area contributed by atoms with Crippen molar-refractivity contribution in [2.24, 2.45) is 0 Å². The number of hydrogen-bond acceptors (Lipinski definition) is 3. The molecular weight excluding hydrogens is 211 g/mol. The van der Waals surface area contributed by atoms with Crippen molar-refractivity contribution < 1.29 is 13.9 Å². The quantitative estimate of drug-likeness (QED) is 0.787. The number of esters is 1. The normalized spacial score (nSPS) is 10.1. The topological polar surface area (TPSA) is 55.0 Å². The van der Waals surface area contributed by atoms with Gasteiger partial charge in [-0.25, -0.2) is 14.2 Å². The zero-order chi connectivity index (χ0) is 11.5. The Hall–Kier alpha value is -2.17. The van der Waals surface area contributed by atoms with Crippen molar-refractivity contribution in [1.82, 2.24) is 9.97 Å². The highest BCUT2D eigenvalue weighted by atomic mass is 19.1. The Kier molecular flexibility index (Phi) is 2.68. The molecule has 0 amide bonds. The first-order valence-corrected chi connectivity index (χ1v) is 4.60. The number of nitrogens with zero attached hydrogens (tertiary/aromatic N) is 1. The number of methoxy groups -OCH3 is 1. The lowest BCUT2D eigenvalue weighted by atomic mass is 10.2. The van der Waals surface area contributed by atoms with Gasteiger partial charge in [-0.15, -0.1) is 0 Å². The van der Waals surface area contributed by atoms with E-state index < -0.39 is 5.97 Å². The lowest BCUT2D eigenvalue weighted by molar-refractivity contribution is 0.0595. The Bertz CT molecular complexity index is 505. The van der Waals surface area contributed by atoms with E-state index in [1.165, 1.54) is 25.4 Å². The van der Waals surface area contributed by atoms with Gasteiger partial charge >= 0.3 is 5.97 Å². The van der Waals surface area contributed by atoms with Crippen LogP contribution in [0.25, 0.3) is 11.4 Å². The van der Waals surface area contributed by atoms with Crippen LogP contribution in [0.5, 0.6) is 0 Å². The van der Waals surface area contributed by atoms with Crippen molar-refractivity contribution in [3.63, 3.8) is 0 Å². The molecule has 0 saturated heterocycles. The highest BCUT2D eigenvalue weighted by Crippen LogP contribution is 2.16. The average molecular weight is 220 g/mol. The molecule has 1 aromatic carbocycles. The third-order valence-corrected chi connectivity index (χ3v) is 2.10. The van der Waals surface area contributed by atoms with Gasteiger partial charge in [-0.2, -0.15) is 0 Å². The van der Waals surface area contributed by atoms with Crippen LogP contribution in [0.2, 0.25) is 0 Å². The van der Waals surface area contributed by atoms with Crippen molar-refractivity contribution >= 4 is 5.97 Å². The van der Waals surface area contributed by atoms with Crippen molar-refractivity contribution in [2.45, 2.75) is 0 Å². The maximum atomic E-state index is 12.7. The van der Waals surface area contributed by atoms with Gasteiger partial charge in [-0.05, 0) is 24.3 Å². The second-order valence-corrected chi connectivity index (χ2v) is 3.14. The molecular formula is C11H9FN2O2. The third kappa shape index (κ3) is 1.93. The average Bonchev–Trinajstić information content (AvgIpc) is 2.78. The molecule has 0 aliphatic rings. The van der Waals surface area contributed by atoms with Gasteiger partial charge in [-0.1, -0.05) is 0 Å². The smallest absolute Gasteiger partial charge is 0.356 e. The summed E-state index contributed by atoms with van der Waals surface area (Å²) < 4.78 is 17.2. The number of benzene rings is 1. The molecule has 1 N–H and O–H groups in total. The van der Waals surface area contributed by atoms with Gasteiger partial charge in [0.05, 0.1) is 13.3 Å². The number of hydrogen-bond donors (Lipinski definition) is 1. The lowest BCUT2D eigenvalue weighted by Gasteiger charge is -1.96. The number of H-pyrrole nitrogens is 1. The van der Waals surface area contributed by atoms with E-state index in [0.717, 1.165) is 0 Å². The Morgan fingerprint density at radius 3 is 2.69 bits per heavy atom. The van der Waals surface area contributed by atoms with Crippen LogP contribution >= 0.6 is 0 Å². The number of rotatable bonds is 2. The molecule has 0 saturated carbocycles. The number of nitrogens with one attached hydrogen (secondary N) is 1. The van der Waals surface area contributed by atoms with Gasteiger partial charge in [0.15, 0.2) is 0 Å². The minimum atomic E-state index is -0.485. The zero-order valence-electron chi connectivity index (χ0n) is 8.53. The van der Waals surface area contributed by atoms with Gasteiger partial charge < -0.3 is 9.72 Å². The van der Waals surface area contributed by atoms with Gasteiger partial charge in [0, 0.05) is 5.56 Å². The lowest BCUT2D eigenvalue weighted by Crippen LogP contribution is -2.00. The molecule has 0 atom stereocenters. The first-order chi connectivity index (χ1) is 7.70. The van der Waals surface area contributed by atoms with E-state index in [1.807, 2.05) is 0 Å². The molecule has 5 heteroatoms. The van der Waals surface area contributed by atoms with E-state index in [-0.39, 0.29) is 11.5 Å². The Morgan fingerprint density at radius 2 is 2.06 bits per heavy atom. The van der Waals surface area contributed by atoms with Crippen LogP contribution in [-0.4, -0.2) is 23.0 Å². The fourth-order valence-corrected chi connectivity index (χ4v) is 1.29. The molecule has 2 aromatic rings. The van der Waals surface area contributed by atoms with Gasteiger partial charge in [0.25, 0.3) is 0 Å². The highest BCUT2D eigenvalue weighted by Gasteiger charge is 2.10. The number of imidazole rings is 1. The molecule has 0 unspecified atom stereocenters. The minimum Gasteiger partial charge on any atom is -0.464 e. The maximum absolute atomic E-state index is 12.7. The molecule has 0 fully saturated rings. The van der Waals surface area contributed by atoms with Gasteiger partial charge in [0.1, 0.15) is 17.3 Å². The van der Waals surface area contributed by atoms with E-state index in [2.05, 4.69) is 14.7 Å². The summed E-state index contributed by atoms with van der Waals surface area (Å²) in [6.07, 6.45) is 1.38. The van der Waals surface area contributed by atoms with E-state index in [0.29, 0.717) is 11.4 Å². The fourth-order valence-electron chi connectivity index (χ4n) is 1.29. The third-order valence-electron chi connectivity index (χ3n) is 2.10.